The van der Waals surface area contributed by atoms with Crippen LogP contribution in [0.25, 0.3) is 6.08 Å². The van der Waals surface area contributed by atoms with Crippen LogP contribution in [-0.4, -0.2) is 26.1 Å². The second-order valence-corrected chi connectivity index (χ2v) is 5.37. The number of esters is 1. The molecule has 0 saturated carbocycles. The lowest BCUT2D eigenvalue weighted by molar-refractivity contribution is -0.129. The average Bonchev–Trinajstić information content (AvgIpc) is 2.96. The molecule has 1 aliphatic rings. The normalized spacial score (nSPS) is 15.2. The van der Waals surface area contributed by atoms with E-state index in [-0.39, 0.29) is 11.6 Å². The van der Waals surface area contributed by atoms with Crippen LogP contribution < -0.4 is 9.47 Å². The molecule has 3 rings (SSSR count). The quantitative estimate of drug-likeness (QED) is 0.627. The van der Waals surface area contributed by atoms with Gasteiger partial charge in [-0.1, -0.05) is 23.7 Å². The van der Waals surface area contributed by atoms with Gasteiger partial charge in [0.2, 0.25) is 5.90 Å². The van der Waals surface area contributed by atoms with Gasteiger partial charge in [0.1, 0.15) is 11.5 Å². The summed E-state index contributed by atoms with van der Waals surface area (Å²) in [5.41, 5.74) is 1.59. The topological polar surface area (TPSA) is 57.1 Å². The van der Waals surface area contributed by atoms with Gasteiger partial charge in [-0.05, 0) is 42.0 Å². The maximum atomic E-state index is 12.0. The van der Waals surface area contributed by atoms with Crippen molar-refractivity contribution in [3.63, 3.8) is 0 Å². The van der Waals surface area contributed by atoms with Crippen molar-refractivity contribution < 1.29 is 19.0 Å². The maximum Gasteiger partial charge on any atom is 0.363 e. The van der Waals surface area contributed by atoms with Crippen molar-refractivity contribution in [2.45, 2.75) is 0 Å². The van der Waals surface area contributed by atoms with Crippen molar-refractivity contribution in [1.29, 1.82) is 0 Å². The first-order chi connectivity index (χ1) is 11.6. The van der Waals surface area contributed by atoms with Crippen LogP contribution in [0.3, 0.4) is 0 Å². The number of carbonyl (C=O) groups is 1. The molecular formula is C18H14ClNO4. The van der Waals surface area contributed by atoms with Gasteiger partial charge in [0.25, 0.3) is 0 Å². The first kappa shape index (κ1) is 16.1. The third-order valence-electron chi connectivity index (χ3n) is 3.42. The Kier molecular flexibility index (Phi) is 4.53. The number of aliphatic imine (C=N–C) groups is 1. The monoisotopic (exact) mass is 343 g/mol. The highest BCUT2D eigenvalue weighted by atomic mass is 35.5. The summed E-state index contributed by atoms with van der Waals surface area (Å²) in [6, 6.07) is 12.3. The molecule has 0 saturated heterocycles. The van der Waals surface area contributed by atoms with Gasteiger partial charge in [-0.25, -0.2) is 9.79 Å². The van der Waals surface area contributed by atoms with E-state index in [1.807, 2.05) is 0 Å². The predicted molar refractivity (Wildman–Crippen MR) is 91.6 cm³/mol. The highest BCUT2D eigenvalue weighted by Crippen LogP contribution is 2.27. The third-order valence-corrected chi connectivity index (χ3v) is 3.71. The van der Waals surface area contributed by atoms with E-state index in [9.17, 15) is 4.79 Å². The summed E-state index contributed by atoms with van der Waals surface area (Å²) in [5.74, 6) is 0.948. The Morgan fingerprint density at radius 3 is 2.67 bits per heavy atom. The molecule has 0 aliphatic carbocycles. The van der Waals surface area contributed by atoms with E-state index in [0.29, 0.717) is 22.1 Å². The smallest absolute Gasteiger partial charge is 0.363 e. The van der Waals surface area contributed by atoms with Crippen LogP contribution >= 0.6 is 11.6 Å². The van der Waals surface area contributed by atoms with Crippen molar-refractivity contribution in [2.75, 3.05) is 14.2 Å². The van der Waals surface area contributed by atoms with Crippen LogP contribution in [-0.2, 0) is 9.53 Å². The number of hydrogen-bond donors (Lipinski definition) is 0. The van der Waals surface area contributed by atoms with Gasteiger partial charge < -0.3 is 14.2 Å². The summed E-state index contributed by atoms with van der Waals surface area (Å²) in [6.45, 7) is 0. The first-order valence-corrected chi connectivity index (χ1v) is 7.49. The highest BCUT2D eigenvalue weighted by molar-refractivity contribution is 6.32. The van der Waals surface area contributed by atoms with E-state index < -0.39 is 5.97 Å². The summed E-state index contributed by atoms with van der Waals surface area (Å²) in [5, 5.41) is 0.454. The number of cyclic esters (lactones) is 1. The molecule has 0 spiro atoms. The zero-order valence-corrected chi connectivity index (χ0v) is 13.8. The minimum atomic E-state index is -0.514. The van der Waals surface area contributed by atoms with Gasteiger partial charge in [0, 0.05) is 5.56 Å². The van der Waals surface area contributed by atoms with Gasteiger partial charge in [-0.15, -0.1) is 0 Å². The molecule has 0 bridgehead atoms. The summed E-state index contributed by atoms with van der Waals surface area (Å²) in [4.78, 5) is 16.3. The molecule has 1 aliphatic heterocycles. The van der Waals surface area contributed by atoms with Gasteiger partial charge >= 0.3 is 5.97 Å². The molecule has 2 aromatic carbocycles. The highest BCUT2D eigenvalue weighted by Gasteiger charge is 2.24. The molecule has 0 unspecified atom stereocenters. The zero-order valence-electron chi connectivity index (χ0n) is 13.1. The number of carbonyl (C=O) groups excluding carboxylic acids is 1. The van der Waals surface area contributed by atoms with Crippen molar-refractivity contribution in [3.05, 3.63) is 64.3 Å². The summed E-state index contributed by atoms with van der Waals surface area (Å²) in [7, 11) is 3.11. The van der Waals surface area contributed by atoms with Crippen molar-refractivity contribution in [2.24, 2.45) is 4.99 Å². The Bertz CT molecular complexity index is 858. The van der Waals surface area contributed by atoms with Crippen LogP contribution in [0.4, 0.5) is 0 Å². The largest absolute Gasteiger partial charge is 0.497 e. The number of rotatable bonds is 4. The van der Waals surface area contributed by atoms with Crippen LogP contribution in [0.15, 0.2) is 53.2 Å². The fourth-order valence-electron chi connectivity index (χ4n) is 2.22. The predicted octanol–water partition coefficient (Wildman–Crippen LogP) is 3.70. The minimum Gasteiger partial charge on any atom is -0.497 e. The second kappa shape index (κ2) is 6.76. The Balaban J connectivity index is 1.92. The minimum absolute atomic E-state index is 0.203. The van der Waals surface area contributed by atoms with E-state index >= 15 is 0 Å². The molecule has 0 atom stereocenters. The molecular weight excluding hydrogens is 330 g/mol. The van der Waals surface area contributed by atoms with Crippen LogP contribution in [0.5, 0.6) is 11.5 Å². The Morgan fingerprint density at radius 2 is 1.96 bits per heavy atom. The SMILES string of the molecule is COc1cccc(C2=N/C(=C/c3ccc(OC)c(Cl)c3)C(=O)O2)c1. The number of nitrogens with zero attached hydrogens (tertiary/aromatic N) is 1. The van der Waals surface area contributed by atoms with Gasteiger partial charge in [-0.2, -0.15) is 0 Å². The third kappa shape index (κ3) is 3.26. The van der Waals surface area contributed by atoms with Crippen LogP contribution in [0, 0.1) is 0 Å². The fraction of sp³-hybridized carbons (Fsp3) is 0.111. The molecule has 6 heteroatoms. The summed E-state index contributed by atoms with van der Waals surface area (Å²) >= 11 is 6.09. The molecule has 0 fully saturated rings. The molecule has 0 amide bonds. The zero-order chi connectivity index (χ0) is 17.1. The lowest BCUT2D eigenvalue weighted by Gasteiger charge is -2.03. The molecule has 5 nitrogen and oxygen atoms in total. The van der Waals surface area contributed by atoms with Gasteiger partial charge in [-0.3, -0.25) is 0 Å². The first-order valence-electron chi connectivity index (χ1n) is 7.11. The molecule has 0 radical (unpaired) electrons. The molecule has 0 aromatic heterocycles. The Morgan fingerprint density at radius 1 is 1.12 bits per heavy atom. The molecule has 2 aromatic rings. The number of halogens is 1. The lowest BCUT2D eigenvalue weighted by atomic mass is 10.2. The van der Waals surface area contributed by atoms with Crippen molar-refractivity contribution in [3.8, 4) is 11.5 Å². The number of hydrogen-bond acceptors (Lipinski definition) is 5. The molecule has 1 heterocycles. The van der Waals surface area contributed by atoms with E-state index in [1.165, 1.54) is 0 Å². The van der Waals surface area contributed by atoms with Crippen molar-refractivity contribution in [1.82, 2.24) is 0 Å². The van der Waals surface area contributed by atoms with Crippen LogP contribution in [0.1, 0.15) is 11.1 Å². The second-order valence-electron chi connectivity index (χ2n) is 4.96. The Hall–Kier alpha value is -2.79. The standard InChI is InChI=1S/C18H14ClNO4/c1-22-13-5-3-4-12(10-13)17-20-15(18(21)24-17)9-11-6-7-16(23-2)14(19)8-11/h3-10H,1-2H3/b15-9+. The number of benzene rings is 2. The van der Waals surface area contributed by atoms with E-state index in [4.69, 9.17) is 25.8 Å². The van der Waals surface area contributed by atoms with Crippen molar-refractivity contribution >= 4 is 29.5 Å². The molecule has 122 valence electrons. The van der Waals surface area contributed by atoms with Gasteiger partial charge in [0.05, 0.1) is 19.2 Å². The Labute approximate surface area is 144 Å². The number of ether oxygens (including phenoxy) is 3. The van der Waals surface area contributed by atoms with Crippen LogP contribution in [0.2, 0.25) is 5.02 Å². The van der Waals surface area contributed by atoms with E-state index in [2.05, 4.69) is 4.99 Å². The molecule has 24 heavy (non-hydrogen) atoms. The molecule has 0 N–H and O–H groups in total. The van der Waals surface area contributed by atoms with Gasteiger partial charge in [0.15, 0.2) is 5.70 Å². The summed E-state index contributed by atoms with van der Waals surface area (Å²) < 4.78 is 15.5. The number of methoxy groups -OCH3 is 2. The van der Waals surface area contributed by atoms with E-state index in [0.717, 1.165) is 5.56 Å². The van der Waals surface area contributed by atoms with E-state index in [1.54, 1.807) is 62.8 Å². The fourth-order valence-corrected chi connectivity index (χ4v) is 2.49. The summed E-state index contributed by atoms with van der Waals surface area (Å²) in [6.07, 6.45) is 1.61. The average molecular weight is 344 g/mol. The lowest BCUT2D eigenvalue weighted by Crippen LogP contribution is -2.05. The maximum absolute atomic E-state index is 12.0.